The number of benzene rings is 1. The molecule has 2 heterocycles. The average Bonchev–Trinajstić information content (AvgIpc) is 2.84. The standard InChI is InChI=1S/C16H17BN2O3/c1-11-9-14-15(7-8-18-16(14)22-2)19(11)10-12-3-5-13(6-4-12)17(20)21/h3-9,20-21H,10H2,1-2H3. The molecule has 0 saturated heterocycles. The zero-order valence-electron chi connectivity index (χ0n) is 12.5. The van der Waals surface area contributed by atoms with Crippen molar-refractivity contribution in [3.8, 4) is 5.88 Å². The smallest absolute Gasteiger partial charge is 0.481 e. The number of ether oxygens (including phenoxy) is 1. The van der Waals surface area contributed by atoms with Gasteiger partial charge in [-0.1, -0.05) is 24.3 Å². The lowest BCUT2D eigenvalue weighted by molar-refractivity contribution is 0.403. The Kier molecular flexibility index (Phi) is 3.87. The van der Waals surface area contributed by atoms with Crippen molar-refractivity contribution in [2.24, 2.45) is 0 Å². The monoisotopic (exact) mass is 296 g/mol. The van der Waals surface area contributed by atoms with Crippen molar-refractivity contribution in [1.29, 1.82) is 0 Å². The quantitative estimate of drug-likeness (QED) is 0.707. The van der Waals surface area contributed by atoms with Gasteiger partial charge in [-0.25, -0.2) is 4.98 Å². The van der Waals surface area contributed by atoms with Gasteiger partial charge in [-0.3, -0.25) is 0 Å². The molecule has 0 aliphatic rings. The summed E-state index contributed by atoms with van der Waals surface area (Å²) in [7, 11) is 0.187. The minimum absolute atomic E-state index is 0.490. The largest absolute Gasteiger partial charge is 0.488 e. The second kappa shape index (κ2) is 5.83. The molecule has 3 rings (SSSR count). The molecule has 0 aliphatic heterocycles. The number of methoxy groups -OCH3 is 1. The molecule has 0 bridgehead atoms. The van der Waals surface area contributed by atoms with Gasteiger partial charge in [0.15, 0.2) is 0 Å². The summed E-state index contributed by atoms with van der Waals surface area (Å²) in [5.74, 6) is 0.623. The van der Waals surface area contributed by atoms with Crippen molar-refractivity contribution in [1.82, 2.24) is 9.55 Å². The van der Waals surface area contributed by atoms with Crippen LogP contribution < -0.4 is 10.2 Å². The van der Waals surface area contributed by atoms with Crippen molar-refractivity contribution in [2.75, 3.05) is 7.11 Å². The Balaban J connectivity index is 1.98. The lowest BCUT2D eigenvalue weighted by atomic mass is 9.80. The van der Waals surface area contributed by atoms with Crippen LogP contribution in [0.15, 0.2) is 42.6 Å². The first kappa shape index (κ1) is 14.6. The third kappa shape index (κ3) is 2.58. The first-order valence-electron chi connectivity index (χ1n) is 7.04. The van der Waals surface area contributed by atoms with Crippen LogP contribution in [0.3, 0.4) is 0 Å². The molecule has 0 saturated carbocycles. The second-order valence-electron chi connectivity index (χ2n) is 5.24. The maximum Gasteiger partial charge on any atom is 0.488 e. The molecule has 2 aromatic heterocycles. The number of nitrogens with zero attached hydrogens (tertiary/aromatic N) is 2. The Bertz CT molecular complexity index is 797. The molecule has 2 N–H and O–H groups in total. The van der Waals surface area contributed by atoms with E-state index in [1.165, 1.54) is 0 Å². The molecule has 0 spiro atoms. The third-order valence-electron chi connectivity index (χ3n) is 3.81. The van der Waals surface area contributed by atoms with Crippen LogP contribution in [0.1, 0.15) is 11.3 Å². The van der Waals surface area contributed by atoms with Gasteiger partial charge in [0.05, 0.1) is 18.0 Å². The molecule has 112 valence electrons. The van der Waals surface area contributed by atoms with Crippen LogP contribution in [0, 0.1) is 6.92 Å². The fourth-order valence-corrected chi connectivity index (χ4v) is 2.64. The molecule has 3 aromatic rings. The molecule has 0 unspecified atom stereocenters. The summed E-state index contributed by atoms with van der Waals surface area (Å²) in [5, 5.41) is 19.3. The topological polar surface area (TPSA) is 67.5 Å². The normalized spacial score (nSPS) is 10.9. The Morgan fingerprint density at radius 3 is 2.55 bits per heavy atom. The summed E-state index contributed by atoms with van der Waals surface area (Å²) < 4.78 is 7.49. The summed E-state index contributed by atoms with van der Waals surface area (Å²) in [6.07, 6.45) is 1.74. The average molecular weight is 296 g/mol. The van der Waals surface area contributed by atoms with Gasteiger partial charge in [0, 0.05) is 18.4 Å². The van der Waals surface area contributed by atoms with Gasteiger partial charge in [-0.15, -0.1) is 0 Å². The first-order valence-corrected chi connectivity index (χ1v) is 7.04. The van der Waals surface area contributed by atoms with Gasteiger partial charge < -0.3 is 19.4 Å². The van der Waals surface area contributed by atoms with E-state index in [2.05, 4.69) is 15.6 Å². The van der Waals surface area contributed by atoms with E-state index >= 15 is 0 Å². The minimum atomic E-state index is -1.43. The van der Waals surface area contributed by atoms with Crippen LogP contribution in [0.5, 0.6) is 5.88 Å². The molecule has 5 nitrogen and oxygen atoms in total. The summed E-state index contributed by atoms with van der Waals surface area (Å²) >= 11 is 0. The van der Waals surface area contributed by atoms with Crippen LogP contribution in [-0.4, -0.2) is 33.8 Å². The summed E-state index contributed by atoms with van der Waals surface area (Å²) in [6.45, 7) is 2.75. The molecule has 0 amide bonds. The van der Waals surface area contributed by atoms with Gasteiger partial charge in [0.1, 0.15) is 0 Å². The van der Waals surface area contributed by atoms with E-state index in [1.807, 2.05) is 25.1 Å². The fourth-order valence-electron chi connectivity index (χ4n) is 2.64. The van der Waals surface area contributed by atoms with Crippen LogP contribution >= 0.6 is 0 Å². The van der Waals surface area contributed by atoms with E-state index in [0.29, 0.717) is 17.9 Å². The zero-order chi connectivity index (χ0) is 15.7. The minimum Gasteiger partial charge on any atom is -0.481 e. The van der Waals surface area contributed by atoms with Crippen molar-refractivity contribution in [3.05, 3.63) is 53.9 Å². The first-order chi connectivity index (χ1) is 10.6. The highest BCUT2D eigenvalue weighted by atomic mass is 16.5. The molecule has 0 radical (unpaired) electrons. The number of pyridine rings is 1. The van der Waals surface area contributed by atoms with E-state index in [0.717, 1.165) is 22.2 Å². The third-order valence-corrected chi connectivity index (χ3v) is 3.81. The highest BCUT2D eigenvalue weighted by molar-refractivity contribution is 6.58. The number of aromatic nitrogens is 2. The Morgan fingerprint density at radius 2 is 1.91 bits per heavy atom. The summed E-state index contributed by atoms with van der Waals surface area (Å²) in [6, 6.07) is 11.3. The predicted octanol–water partition coefficient (Wildman–Crippen LogP) is 1.08. The lowest BCUT2D eigenvalue weighted by Gasteiger charge is -2.09. The molecule has 6 heteroatoms. The number of hydrogen-bond donors (Lipinski definition) is 2. The molecule has 0 fully saturated rings. The van der Waals surface area contributed by atoms with Crippen molar-refractivity contribution in [2.45, 2.75) is 13.5 Å². The molecule has 1 aromatic carbocycles. The number of hydrogen-bond acceptors (Lipinski definition) is 4. The Hall–Kier alpha value is -2.31. The lowest BCUT2D eigenvalue weighted by Crippen LogP contribution is -2.29. The molecule has 0 atom stereocenters. The van der Waals surface area contributed by atoms with Gasteiger partial charge in [0.25, 0.3) is 0 Å². The van der Waals surface area contributed by atoms with Crippen LogP contribution in [0.2, 0.25) is 0 Å². The van der Waals surface area contributed by atoms with Crippen LogP contribution in [-0.2, 0) is 6.54 Å². The summed E-state index contributed by atoms with van der Waals surface area (Å²) in [4.78, 5) is 4.23. The SMILES string of the molecule is COc1nccc2c1cc(C)n2Cc1ccc(B(O)O)cc1. The van der Waals surface area contributed by atoms with Crippen LogP contribution in [0.4, 0.5) is 0 Å². The maximum absolute atomic E-state index is 9.14. The van der Waals surface area contributed by atoms with Gasteiger partial charge in [-0.2, -0.15) is 0 Å². The van der Waals surface area contributed by atoms with Gasteiger partial charge in [0.2, 0.25) is 5.88 Å². The molecule has 22 heavy (non-hydrogen) atoms. The van der Waals surface area contributed by atoms with E-state index in [4.69, 9.17) is 14.8 Å². The van der Waals surface area contributed by atoms with E-state index in [-0.39, 0.29) is 0 Å². The van der Waals surface area contributed by atoms with E-state index in [9.17, 15) is 0 Å². The zero-order valence-corrected chi connectivity index (χ0v) is 12.5. The number of fused-ring (bicyclic) bond motifs is 1. The number of rotatable bonds is 4. The number of aryl methyl sites for hydroxylation is 1. The molecular weight excluding hydrogens is 279 g/mol. The molecule has 0 aliphatic carbocycles. The van der Waals surface area contributed by atoms with Crippen molar-refractivity contribution < 1.29 is 14.8 Å². The van der Waals surface area contributed by atoms with Gasteiger partial charge in [-0.05, 0) is 30.1 Å². The maximum atomic E-state index is 9.14. The van der Waals surface area contributed by atoms with E-state index in [1.54, 1.807) is 25.4 Å². The van der Waals surface area contributed by atoms with Crippen molar-refractivity contribution in [3.63, 3.8) is 0 Å². The van der Waals surface area contributed by atoms with Crippen molar-refractivity contribution >= 4 is 23.5 Å². The molecular formula is C16H17BN2O3. The predicted molar refractivity (Wildman–Crippen MR) is 86.4 cm³/mol. The highest BCUT2D eigenvalue weighted by Crippen LogP contribution is 2.27. The second-order valence-corrected chi connectivity index (χ2v) is 5.24. The Labute approximate surface area is 128 Å². The van der Waals surface area contributed by atoms with Gasteiger partial charge >= 0.3 is 7.12 Å². The Morgan fingerprint density at radius 1 is 1.18 bits per heavy atom. The van der Waals surface area contributed by atoms with E-state index < -0.39 is 7.12 Å². The summed E-state index contributed by atoms with van der Waals surface area (Å²) in [5.41, 5.74) is 3.76. The van der Waals surface area contributed by atoms with Crippen LogP contribution in [0.25, 0.3) is 10.9 Å². The highest BCUT2D eigenvalue weighted by Gasteiger charge is 2.12. The fraction of sp³-hybridized carbons (Fsp3) is 0.188.